The summed E-state index contributed by atoms with van der Waals surface area (Å²) in [6.45, 7) is 3.05. The van der Waals surface area contributed by atoms with Crippen molar-refractivity contribution in [3.8, 4) is 0 Å². The fourth-order valence-electron chi connectivity index (χ4n) is 2.70. The topological polar surface area (TPSA) is 12.0 Å². The van der Waals surface area contributed by atoms with Gasteiger partial charge >= 0.3 is 0 Å². The Morgan fingerprint density at radius 3 is 2.50 bits per heavy atom. The summed E-state index contributed by atoms with van der Waals surface area (Å²) in [6.07, 6.45) is 4.00. The van der Waals surface area contributed by atoms with Crippen molar-refractivity contribution in [1.29, 1.82) is 0 Å². The lowest BCUT2D eigenvalue weighted by molar-refractivity contribution is -0.109. The normalized spacial score (nSPS) is 37.1. The molecular formula is C11H19F2N. The van der Waals surface area contributed by atoms with E-state index >= 15 is 0 Å². The molecule has 1 N–H and O–H groups in total. The molecular weight excluding hydrogens is 184 g/mol. The molecule has 2 rings (SSSR count). The van der Waals surface area contributed by atoms with Crippen LogP contribution in [0.3, 0.4) is 0 Å². The van der Waals surface area contributed by atoms with Gasteiger partial charge in [-0.15, -0.1) is 0 Å². The minimum absolute atomic E-state index is 0.0983. The van der Waals surface area contributed by atoms with Crippen LogP contribution in [0, 0.1) is 11.8 Å². The van der Waals surface area contributed by atoms with Gasteiger partial charge in [0.15, 0.2) is 0 Å². The lowest BCUT2D eigenvalue weighted by atomic mass is 9.81. The van der Waals surface area contributed by atoms with Gasteiger partial charge in [0.2, 0.25) is 5.92 Å². The third kappa shape index (κ3) is 2.25. The SMILES string of the molecule is CC1CCCC1NCC1CC(F)(F)C1. The molecule has 2 unspecified atom stereocenters. The lowest BCUT2D eigenvalue weighted by Crippen LogP contribution is -2.44. The largest absolute Gasteiger partial charge is 0.313 e. The maximum absolute atomic E-state index is 12.5. The number of nitrogens with one attached hydrogen (secondary N) is 1. The number of halogens is 2. The first-order chi connectivity index (χ1) is 6.57. The zero-order chi connectivity index (χ0) is 10.2. The highest BCUT2D eigenvalue weighted by atomic mass is 19.3. The van der Waals surface area contributed by atoms with Gasteiger partial charge in [-0.1, -0.05) is 13.3 Å². The van der Waals surface area contributed by atoms with Crippen molar-refractivity contribution in [2.75, 3.05) is 6.54 Å². The van der Waals surface area contributed by atoms with Gasteiger partial charge in [0.25, 0.3) is 0 Å². The molecule has 14 heavy (non-hydrogen) atoms. The van der Waals surface area contributed by atoms with Crippen LogP contribution >= 0.6 is 0 Å². The Bertz CT molecular complexity index is 197. The molecule has 2 saturated carbocycles. The first-order valence-corrected chi connectivity index (χ1v) is 5.68. The van der Waals surface area contributed by atoms with Crippen molar-refractivity contribution in [3.63, 3.8) is 0 Å². The van der Waals surface area contributed by atoms with Crippen molar-refractivity contribution in [3.05, 3.63) is 0 Å². The Morgan fingerprint density at radius 1 is 1.29 bits per heavy atom. The molecule has 0 radical (unpaired) electrons. The molecule has 2 aliphatic rings. The average molecular weight is 203 g/mol. The standard InChI is InChI=1S/C11H19F2N/c1-8-3-2-4-10(8)14-7-9-5-11(12,13)6-9/h8-10,14H,2-7H2,1H3. The Hall–Kier alpha value is -0.180. The Kier molecular flexibility index (Phi) is 2.78. The van der Waals surface area contributed by atoms with Gasteiger partial charge in [0, 0.05) is 18.9 Å². The molecule has 0 aromatic carbocycles. The molecule has 0 aromatic heterocycles. The quantitative estimate of drug-likeness (QED) is 0.743. The van der Waals surface area contributed by atoms with Crippen LogP contribution in [0.25, 0.3) is 0 Å². The van der Waals surface area contributed by atoms with Crippen molar-refractivity contribution >= 4 is 0 Å². The Balaban J connectivity index is 1.64. The van der Waals surface area contributed by atoms with Crippen LogP contribution in [0.2, 0.25) is 0 Å². The molecule has 1 nitrogen and oxygen atoms in total. The lowest BCUT2D eigenvalue weighted by Gasteiger charge is -2.36. The number of hydrogen-bond acceptors (Lipinski definition) is 1. The molecule has 0 aromatic rings. The second-order valence-electron chi connectivity index (χ2n) is 5.05. The predicted octanol–water partition coefficient (Wildman–Crippen LogP) is 2.81. The van der Waals surface area contributed by atoms with E-state index in [4.69, 9.17) is 0 Å². The van der Waals surface area contributed by atoms with Crippen LogP contribution in [0.5, 0.6) is 0 Å². The van der Waals surface area contributed by atoms with E-state index in [0.29, 0.717) is 6.04 Å². The molecule has 0 bridgehead atoms. The van der Waals surface area contributed by atoms with E-state index in [1.165, 1.54) is 19.3 Å². The van der Waals surface area contributed by atoms with E-state index in [2.05, 4.69) is 12.2 Å². The van der Waals surface area contributed by atoms with Gasteiger partial charge in [-0.05, 0) is 31.2 Å². The van der Waals surface area contributed by atoms with Gasteiger partial charge in [-0.25, -0.2) is 8.78 Å². The van der Waals surface area contributed by atoms with Gasteiger partial charge in [-0.2, -0.15) is 0 Å². The van der Waals surface area contributed by atoms with Gasteiger partial charge in [0.05, 0.1) is 0 Å². The van der Waals surface area contributed by atoms with Crippen molar-refractivity contribution in [2.45, 2.75) is 51.0 Å². The van der Waals surface area contributed by atoms with E-state index in [9.17, 15) is 8.78 Å². The zero-order valence-corrected chi connectivity index (χ0v) is 8.73. The molecule has 3 heteroatoms. The summed E-state index contributed by atoms with van der Waals surface area (Å²) in [6, 6.07) is 0.587. The highest BCUT2D eigenvalue weighted by Crippen LogP contribution is 2.42. The molecule has 0 amide bonds. The summed E-state index contributed by atoms with van der Waals surface area (Å²) >= 11 is 0. The summed E-state index contributed by atoms with van der Waals surface area (Å²) in [4.78, 5) is 0. The Labute approximate surface area is 84.3 Å². The highest BCUT2D eigenvalue weighted by molar-refractivity contribution is 4.89. The number of alkyl halides is 2. The molecule has 2 fully saturated rings. The van der Waals surface area contributed by atoms with E-state index < -0.39 is 5.92 Å². The molecule has 82 valence electrons. The number of hydrogen-bond donors (Lipinski definition) is 1. The first-order valence-electron chi connectivity index (χ1n) is 5.68. The van der Waals surface area contributed by atoms with Gasteiger partial charge in [0.1, 0.15) is 0 Å². The molecule has 2 aliphatic carbocycles. The van der Waals surface area contributed by atoms with Gasteiger partial charge < -0.3 is 5.32 Å². The maximum Gasteiger partial charge on any atom is 0.248 e. The summed E-state index contributed by atoms with van der Waals surface area (Å²) in [5, 5.41) is 3.44. The van der Waals surface area contributed by atoms with E-state index in [1.54, 1.807) is 0 Å². The zero-order valence-electron chi connectivity index (χ0n) is 8.73. The second kappa shape index (κ2) is 3.76. The minimum Gasteiger partial charge on any atom is -0.313 e. The number of rotatable bonds is 3. The third-order valence-electron chi connectivity index (χ3n) is 3.70. The summed E-state index contributed by atoms with van der Waals surface area (Å²) in [5.74, 6) is -1.40. The van der Waals surface area contributed by atoms with Crippen molar-refractivity contribution < 1.29 is 8.78 Å². The average Bonchev–Trinajstić information content (AvgIpc) is 2.44. The van der Waals surface area contributed by atoms with Crippen LogP contribution in [0.1, 0.15) is 39.0 Å². The van der Waals surface area contributed by atoms with Crippen LogP contribution in [0.4, 0.5) is 8.78 Å². The van der Waals surface area contributed by atoms with E-state index in [0.717, 1.165) is 12.5 Å². The molecule has 0 heterocycles. The smallest absolute Gasteiger partial charge is 0.248 e. The van der Waals surface area contributed by atoms with Crippen molar-refractivity contribution in [1.82, 2.24) is 5.32 Å². The molecule has 2 atom stereocenters. The monoisotopic (exact) mass is 203 g/mol. The van der Waals surface area contributed by atoms with Crippen LogP contribution in [0.15, 0.2) is 0 Å². The third-order valence-corrected chi connectivity index (χ3v) is 3.70. The van der Waals surface area contributed by atoms with Gasteiger partial charge in [-0.3, -0.25) is 0 Å². The van der Waals surface area contributed by atoms with Crippen LogP contribution < -0.4 is 5.32 Å². The van der Waals surface area contributed by atoms with Crippen LogP contribution in [-0.4, -0.2) is 18.5 Å². The molecule has 0 spiro atoms. The Morgan fingerprint density at radius 2 is 2.00 bits per heavy atom. The van der Waals surface area contributed by atoms with Crippen molar-refractivity contribution in [2.24, 2.45) is 11.8 Å². The fourth-order valence-corrected chi connectivity index (χ4v) is 2.70. The predicted molar refractivity (Wildman–Crippen MR) is 52.5 cm³/mol. The summed E-state index contributed by atoms with van der Waals surface area (Å²) < 4.78 is 25.1. The highest BCUT2D eigenvalue weighted by Gasteiger charge is 2.45. The summed E-state index contributed by atoms with van der Waals surface area (Å²) in [5.41, 5.74) is 0. The minimum atomic E-state index is -2.35. The fraction of sp³-hybridized carbons (Fsp3) is 1.00. The van der Waals surface area contributed by atoms with E-state index in [-0.39, 0.29) is 18.8 Å². The molecule has 0 aliphatic heterocycles. The second-order valence-corrected chi connectivity index (χ2v) is 5.05. The first kappa shape index (κ1) is 10.3. The molecule has 0 saturated heterocycles. The van der Waals surface area contributed by atoms with E-state index in [1.807, 2.05) is 0 Å². The maximum atomic E-state index is 12.5. The summed E-state index contributed by atoms with van der Waals surface area (Å²) in [7, 11) is 0. The van der Waals surface area contributed by atoms with Crippen LogP contribution in [-0.2, 0) is 0 Å².